The van der Waals surface area contributed by atoms with Crippen LogP contribution in [0.1, 0.15) is 10.4 Å². The Morgan fingerprint density at radius 2 is 1.56 bits per heavy atom. The van der Waals surface area contributed by atoms with Crippen molar-refractivity contribution in [3.05, 3.63) is 29.8 Å². The first kappa shape index (κ1) is 17.4. The Labute approximate surface area is 154 Å². The number of carbonyl (C=O) groups is 1. The van der Waals surface area contributed by atoms with Crippen molar-refractivity contribution in [2.24, 2.45) is 0 Å². The highest BCUT2D eigenvalue weighted by atomic mass is 16.6. The lowest BCUT2D eigenvalue weighted by Gasteiger charge is -2.10. The number of hydrogen-bond acceptors (Lipinski definition) is 10. The zero-order valence-electron chi connectivity index (χ0n) is 14.5. The molecule has 0 spiro atoms. The van der Waals surface area contributed by atoms with Gasteiger partial charge in [-0.15, -0.1) is 15.0 Å². The maximum absolute atomic E-state index is 11.9. The molecule has 0 bridgehead atoms. The molecule has 2 fully saturated rings. The van der Waals surface area contributed by atoms with E-state index in [9.17, 15) is 4.79 Å². The van der Waals surface area contributed by atoms with Gasteiger partial charge >= 0.3 is 24.0 Å². The molecule has 2 saturated heterocycles. The van der Waals surface area contributed by atoms with Crippen LogP contribution in [0.25, 0.3) is 0 Å². The predicted molar refractivity (Wildman–Crippen MR) is 88.2 cm³/mol. The average Bonchev–Trinajstić information content (AvgIpc) is 3.59. The number of aromatic nitrogens is 3. The van der Waals surface area contributed by atoms with Gasteiger partial charge in [-0.1, -0.05) is 12.1 Å². The molecule has 10 nitrogen and oxygen atoms in total. The monoisotopic (exact) mass is 375 g/mol. The fraction of sp³-hybridized carbons (Fsp3) is 0.412. The van der Waals surface area contributed by atoms with Crippen LogP contribution in [-0.4, -0.2) is 66.7 Å². The number of ether oxygens (including phenoxy) is 6. The minimum absolute atomic E-state index is 0.0374. The van der Waals surface area contributed by atoms with E-state index < -0.39 is 5.97 Å². The number of carbonyl (C=O) groups excluding carboxylic acids is 1. The van der Waals surface area contributed by atoms with E-state index in [1.54, 1.807) is 24.3 Å². The van der Waals surface area contributed by atoms with Gasteiger partial charge in [0.2, 0.25) is 0 Å². The van der Waals surface area contributed by atoms with Crippen molar-refractivity contribution in [1.82, 2.24) is 15.0 Å². The van der Waals surface area contributed by atoms with E-state index >= 15 is 0 Å². The highest BCUT2D eigenvalue weighted by Crippen LogP contribution is 2.26. The van der Waals surface area contributed by atoms with Gasteiger partial charge in [-0.05, 0) is 12.1 Å². The summed E-state index contributed by atoms with van der Waals surface area (Å²) in [4.78, 5) is 24.2. The van der Waals surface area contributed by atoms with Crippen molar-refractivity contribution in [1.29, 1.82) is 0 Å². The molecule has 2 aliphatic rings. The molecule has 4 rings (SSSR count). The normalized spacial score (nSPS) is 19.9. The molecule has 10 heteroatoms. The lowest BCUT2D eigenvalue weighted by molar-refractivity contribution is 0.0597. The first-order valence-corrected chi connectivity index (χ1v) is 8.31. The van der Waals surface area contributed by atoms with E-state index in [4.69, 9.17) is 28.4 Å². The molecular formula is C17H17N3O7. The van der Waals surface area contributed by atoms with Gasteiger partial charge in [0.15, 0.2) is 0 Å². The van der Waals surface area contributed by atoms with Gasteiger partial charge in [0.25, 0.3) is 0 Å². The number of para-hydroxylation sites is 1. The number of methoxy groups -OCH3 is 1. The molecule has 27 heavy (non-hydrogen) atoms. The average molecular weight is 375 g/mol. The maximum atomic E-state index is 11.9. The van der Waals surface area contributed by atoms with Crippen LogP contribution in [0, 0.1) is 0 Å². The molecular weight excluding hydrogens is 358 g/mol. The topological polar surface area (TPSA) is 118 Å². The Balaban J connectivity index is 1.55. The van der Waals surface area contributed by atoms with Crippen LogP contribution >= 0.6 is 0 Å². The third-order valence-electron chi connectivity index (χ3n) is 3.67. The zero-order valence-corrected chi connectivity index (χ0v) is 14.5. The molecule has 0 N–H and O–H groups in total. The molecule has 2 atom stereocenters. The van der Waals surface area contributed by atoms with Crippen molar-refractivity contribution in [3.8, 4) is 23.8 Å². The molecule has 2 aromatic rings. The molecule has 3 heterocycles. The van der Waals surface area contributed by atoms with Gasteiger partial charge < -0.3 is 28.4 Å². The van der Waals surface area contributed by atoms with Crippen molar-refractivity contribution < 1.29 is 33.2 Å². The van der Waals surface area contributed by atoms with Crippen LogP contribution in [0.15, 0.2) is 24.3 Å². The summed E-state index contributed by atoms with van der Waals surface area (Å²) in [5, 5.41) is 0. The molecule has 0 saturated carbocycles. The second-order valence-electron chi connectivity index (χ2n) is 5.81. The Hall–Kier alpha value is -2.98. The molecule has 2 unspecified atom stereocenters. The third-order valence-corrected chi connectivity index (χ3v) is 3.67. The smallest absolute Gasteiger partial charge is 0.341 e. The zero-order chi connectivity index (χ0) is 18.6. The number of esters is 1. The van der Waals surface area contributed by atoms with Gasteiger partial charge in [0.1, 0.15) is 36.7 Å². The summed E-state index contributed by atoms with van der Waals surface area (Å²) in [6, 6.07) is 6.60. The molecule has 1 aromatic heterocycles. The van der Waals surface area contributed by atoms with Crippen molar-refractivity contribution >= 4 is 5.97 Å². The van der Waals surface area contributed by atoms with Gasteiger partial charge in [0, 0.05) is 0 Å². The van der Waals surface area contributed by atoms with Gasteiger partial charge in [-0.3, -0.25) is 0 Å². The molecule has 0 aliphatic carbocycles. The summed E-state index contributed by atoms with van der Waals surface area (Å²) in [5.74, 6) is -0.298. The highest BCUT2D eigenvalue weighted by Gasteiger charge is 2.26. The third kappa shape index (κ3) is 4.80. The minimum Gasteiger partial charge on any atom is -0.465 e. The number of epoxide rings is 2. The van der Waals surface area contributed by atoms with Crippen molar-refractivity contribution in [2.45, 2.75) is 12.2 Å². The Kier molecular flexibility index (Phi) is 4.99. The van der Waals surface area contributed by atoms with Crippen molar-refractivity contribution in [3.63, 3.8) is 0 Å². The summed E-state index contributed by atoms with van der Waals surface area (Å²) in [7, 11) is 1.29. The van der Waals surface area contributed by atoms with E-state index in [2.05, 4.69) is 15.0 Å². The fourth-order valence-corrected chi connectivity index (χ4v) is 2.09. The Morgan fingerprint density at radius 3 is 2.11 bits per heavy atom. The first-order chi connectivity index (χ1) is 13.2. The SMILES string of the molecule is COC(=O)c1ccccc1Oc1nc(OCC2CO2)nc(OCC2CO2)n1. The van der Waals surface area contributed by atoms with E-state index in [1.165, 1.54) is 7.11 Å². The van der Waals surface area contributed by atoms with E-state index in [1.807, 2.05) is 0 Å². The fourth-order valence-electron chi connectivity index (χ4n) is 2.09. The van der Waals surface area contributed by atoms with E-state index in [0.717, 1.165) is 0 Å². The largest absolute Gasteiger partial charge is 0.465 e. The van der Waals surface area contributed by atoms with Crippen LogP contribution in [0.5, 0.6) is 23.8 Å². The summed E-state index contributed by atoms with van der Waals surface area (Å²) in [6.07, 6.45) is 0.0748. The predicted octanol–water partition coefficient (Wildman–Crippen LogP) is 1.01. The number of nitrogens with zero attached hydrogens (tertiary/aromatic N) is 3. The first-order valence-electron chi connectivity index (χ1n) is 8.31. The van der Waals surface area contributed by atoms with Gasteiger partial charge in [-0.2, -0.15) is 0 Å². The van der Waals surface area contributed by atoms with Crippen LogP contribution in [0.4, 0.5) is 0 Å². The van der Waals surface area contributed by atoms with Crippen LogP contribution in [0.2, 0.25) is 0 Å². The number of benzene rings is 1. The van der Waals surface area contributed by atoms with Crippen LogP contribution in [0.3, 0.4) is 0 Å². The summed E-state index contributed by atoms with van der Waals surface area (Å²) < 4.78 is 31.6. The standard InChI is InChI=1S/C17H17N3O7/c1-22-14(21)12-4-2-3-5-13(12)27-17-19-15(25-8-10-6-23-10)18-16(20-17)26-9-11-7-24-11/h2-5,10-11H,6-9H2,1H3. The molecule has 0 amide bonds. The Morgan fingerprint density at radius 1 is 1.00 bits per heavy atom. The quantitative estimate of drug-likeness (QED) is 0.464. The minimum atomic E-state index is -0.538. The second-order valence-corrected chi connectivity index (χ2v) is 5.81. The van der Waals surface area contributed by atoms with Crippen LogP contribution < -0.4 is 14.2 Å². The molecule has 142 valence electrons. The summed E-state index contributed by atoms with van der Waals surface area (Å²) >= 11 is 0. The van der Waals surface area contributed by atoms with E-state index in [-0.39, 0.29) is 41.6 Å². The summed E-state index contributed by atoms with van der Waals surface area (Å²) in [6.45, 7) is 1.91. The lowest BCUT2D eigenvalue weighted by Crippen LogP contribution is -2.12. The molecule has 2 aliphatic heterocycles. The lowest BCUT2D eigenvalue weighted by atomic mass is 10.2. The Bertz CT molecular complexity index is 790. The molecule has 0 radical (unpaired) electrons. The van der Waals surface area contributed by atoms with E-state index in [0.29, 0.717) is 26.4 Å². The number of rotatable bonds is 9. The van der Waals surface area contributed by atoms with Crippen molar-refractivity contribution in [2.75, 3.05) is 33.5 Å². The highest BCUT2D eigenvalue weighted by molar-refractivity contribution is 5.92. The van der Waals surface area contributed by atoms with Gasteiger partial charge in [-0.25, -0.2) is 4.79 Å². The summed E-state index contributed by atoms with van der Waals surface area (Å²) in [5.41, 5.74) is 0.239. The van der Waals surface area contributed by atoms with Gasteiger partial charge in [0.05, 0.1) is 20.3 Å². The number of hydrogen-bond donors (Lipinski definition) is 0. The van der Waals surface area contributed by atoms with Crippen LogP contribution in [-0.2, 0) is 14.2 Å². The second kappa shape index (κ2) is 7.72. The maximum Gasteiger partial charge on any atom is 0.341 e. The molecule has 1 aromatic carbocycles.